The molecule has 76 valence electrons. The first-order chi connectivity index (χ1) is 5.89. The van der Waals surface area contributed by atoms with Crippen LogP contribution in [0.25, 0.3) is 0 Å². The minimum Gasteiger partial charge on any atom is -0.270 e. The molecule has 0 bridgehead atoms. The molecule has 0 aromatic heterocycles. The summed E-state index contributed by atoms with van der Waals surface area (Å²) in [4.78, 5) is 22.0. The minimum atomic E-state index is -1.04. The molecule has 0 radical (unpaired) electrons. The Morgan fingerprint density at radius 3 is 1.69 bits per heavy atom. The summed E-state index contributed by atoms with van der Waals surface area (Å²) in [6, 6.07) is -0.705. The van der Waals surface area contributed by atoms with Gasteiger partial charge in [0.15, 0.2) is 0 Å². The predicted molar refractivity (Wildman–Crippen MR) is 49.9 cm³/mol. The number of carbonyl (C=O) groups excluding carboxylic acids is 2. The molecule has 0 aliphatic carbocycles. The standard InChI is InChI=1S/C5H6Cl2N2O2.ClH2N/c1-5(2)3(10)8(6)4(11)9(5)7;1-2/h1-2H3;2H2. The Morgan fingerprint density at radius 1 is 1.23 bits per heavy atom. The van der Waals surface area contributed by atoms with Crippen LogP contribution in [0.15, 0.2) is 0 Å². The number of nitrogens with zero attached hydrogens (tertiary/aromatic N) is 2. The second kappa shape index (κ2) is 4.32. The average molecular weight is 248 g/mol. The lowest BCUT2D eigenvalue weighted by molar-refractivity contribution is -0.127. The molecular weight excluding hydrogens is 240 g/mol. The lowest BCUT2D eigenvalue weighted by Gasteiger charge is -2.18. The van der Waals surface area contributed by atoms with E-state index in [2.05, 4.69) is 17.0 Å². The SMILES string of the molecule is CC1(C)C(=O)N(Cl)C(=O)N1Cl.NCl. The Labute approximate surface area is 90.6 Å². The molecule has 1 aliphatic rings. The van der Waals surface area contributed by atoms with Gasteiger partial charge in [0.1, 0.15) is 5.54 Å². The summed E-state index contributed by atoms with van der Waals surface area (Å²) in [5.74, 6) is -0.515. The Hall–Kier alpha value is -0.230. The van der Waals surface area contributed by atoms with Gasteiger partial charge in [-0.2, -0.15) is 4.42 Å². The molecule has 1 saturated heterocycles. The van der Waals surface area contributed by atoms with Crippen LogP contribution in [0.4, 0.5) is 4.79 Å². The molecule has 13 heavy (non-hydrogen) atoms. The van der Waals surface area contributed by atoms with Gasteiger partial charge in [0.25, 0.3) is 5.91 Å². The van der Waals surface area contributed by atoms with Gasteiger partial charge in [0.2, 0.25) is 0 Å². The van der Waals surface area contributed by atoms with Crippen LogP contribution < -0.4 is 5.25 Å². The second-order valence-electron chi connectivity index (χ2n) is 2.71. The maximum Gasteiger partial charge on any atom is 0.357 e. The van der Waals surface area contributed by atoms with Crippen molar-refractivity contribution in [1.82, 2.24) is 8.84 Å². The van der Waals surface area contributed by atoms with Gasteiger partial charge >= 0.3 is 6.03 Å². The summed E-state index contributed by atoms with van der Waals surface area (Å²) in [6.07, 6.45) is 0. The fraction of sp³-hybridized carbons (Fsp3) is 0.600. The van der Waals surface area contributed by atoms with Crippen molar-refractivity contribution >= 4 is 47.3 Å². The third-order valence-electron chi connectivity index (χ3n) is 1.53. The number of halogens is 3. The molecule has 0 saturated carbocycles. The molecule has 0 unspecified atom stereocenters. The van der Waals surface area contributed by atoms with Crippen molar-refractivity contribution in [3.63, 3.8) is 0 Å². The highest BCUT2D eigenvalue weighted by molar-refractivity contribution is 6.38. The zero-order chi connectivity index (χ0) is 10.8. The van der Waals surface area contributed by atoms with E-state index in [0.717, 1.165) is 4.42 Å². The Balaban J connectivity index is 0.000000671. The number of rotatable bonds is 0. The van der Waals surface area contributed by atoms with Gasteiger partial charge < -0.3 is 0 Å². The summed E-state index contributed by atoms with van der Waals surface area (Å²) >= 11 is 14.9. The van der Waals surface area contributed by atoms with Gasteiger partial charge in [0, 0.05) is 23.6 Å². The number of urea groups is 1. The van der Waals surface area contributed by atoms with Gasteiger partial charge in [0.05, 0.1) is 0 Å². The monoisotopic (exact) mass is 247 g/mol. The van der Waals surface area contributed by atoms with E-state index in [1.165, 1.54) is 13.8 Å². The largest absolute Gasteiger partial charge is 0.357 e. The summed E-state index contributed by atoms with van der Waals surface area (Å²) in [7, 11) is 0. The zero-order valence-electron chi connectivity index (χ0n) is 6.92. The Bertz CT molecular complexity index is 233. The number of amides is 3. The third-order valence-corrected chi connectivity index (χ3v) is 2.39. The molecule has 2 N–H and O–H groups in total. The molecule has 1 aliphatic heterocycles. The molecule has 0 aromatic carbocycles. The van der Waals surface area contributed by atoms with E-state index in [0.29, 0.717) is 4.42 Å². The first-order valence-corrected chi connectivity index (χ1v) is 4.22. The van der Waals surface area contributed by atoms with E-state index in [9.17, 15) is 9.59 Å². The normalized spacial score (nSPS) is 20.2. The maximum absolute atomic E-state index is 11.1. The van der Waals surface area contributed by atoms with E-state index >= 15 is 0 Å². The van der Waals surface area contributed by atoms with E-state index in [1.54, 1.807) is 0 Å². The van der Waals surface area contributed by atoms with Crippen molar-refractivity contribution in [2.45, 2.75) is 19.4 Å². The van der Waals surface area contributed by atoms with Gasteiger partial charge in [-0.05, 0) is 25.6 Å². The van der Waals surface area contributed by atoms with Crippen LogP contribution >= 0.6 is 35.3 Å². The first-order valence-electron chi connectivity index (χ1n) is 3.11. The Morgan fingerprint density at radius 2 is 1.62 bits per heavy atom. The molecule has 0 aromatic rings. The van der Waals surface area contributed by atoms with Crippen LogP contribution in [0.5, 0.6) is 0 Å². The fourth-order valence-corrected chi connectivity index (χ4v) is 1.20. The maximum atomic E-state index is 11.1. The van der Waals surface area contributed by atoms with Gasteiger partial charge in [-0.3, -0.25) is 4.79 Å². The highest BCUT2D eigenvalue weighted by Crippen LogP contribution is 2.30. The number of carbonyl (C=O) groups is 2. The summed E-state index contributed by atoms with van der Waals surface area (Å²) < 4.78 is 1.26. The van der Waals surface area contributed by atoms with Crippen LogP contribution in [0.2, 0.25) is 0 Å². The van der Waals surface area contributed by atoms with Gasteiger partial charge in [-0.1, -0.05) is 0 Å². The number of hydrogen-bond acceptors (Lipinski definition) is 3. The van der Waals surface area contributed by atoms with E-state index < -0.39 is 17.5 Å². The third kappa shape index (κ3) is 1.99. The Kier molecular flexibility index (Phi) is 4.25. The topological polar surface area (TPSA) is 66.6 Å². The van der Waals surface area contributed by atoms with Crippen molar-refractivity contribution in [1.29, 1.82) is 0 Å². The zero-order valence-corrected chi connectivity index (χ0v) is 9.19. The summed E-state index contributed by atoms with van der Waals surface area (Å²) in [5, 5.41) is 3.97. The molecule has 0 atom stereocenters. The molecular formula is C5H8Cl3N3O2. The van der Waals surface area contributed by atoms with Crippen LogP contribution in [-0.4, -0.2) is 26.3 Å². The number of imide groups is 1. The fourth-order valence-electron chi connectivity index (χ4n) is 0.727. The predicted octanol–water partition coefficient (Wildman–Crippen LogP) is 1.44. The van der Waals surface area contributed by atoms with Crippen molar-refractivity contribution in [3.8, 4) is 0 Å². The molecule has 1 fully saturated rings. The molecule has 3 amide bonds. The average Bonchev–Trinajstić information content (AvgIpc) is 2.25. The summed E-state index contributed by atoms with van der Waals surface area (Å²) in [6.45, 7) is 3.03. The molecule has 1 rings (SSSR count). The van der Waals surface area contributed by atoms with Crippen LogP contribution in [-0.2, 0) is 4.79 Å². The number of hydrogen-bond donors (Lipinski definition) is 1. The van der Waals surface area contributed by atoms with Gasteiger partial charge in [-0.15, -0.1) is 0 Å². The smallest absolute Gasteiger partial charge is 0.270 e. The van der Waals surface area contributed by atoms with Crippen molar-refractivity contribution in [3.05, 3.63) is 0 Å². The van der Waals surface area contributed by atoms with E-state index in [1.807, 2.05) is 0 Å². The minimum absolute atomic E-state index is 0.479. The van der Waals surface area contributed by atoms with E-state index in [4.69, 9.17) is 23.6 Å². The van der Waals surface area contributed by atoms with Crippen molar-refractivity contribution < 1.29 is 9.59 Å². The van der Waals surface area contributed by atoms with Crippen LogP contribution in [0.3, 0.4) is 0 Å². The van der Waals surface area contributed by atoms with E-state index in [-0.39, 0.29) is 0 Å². The lowest BCUT2D eigenvalue weighted by Crippen LogP contribution is -2.38. The number of nitrogens with two attached hydrogens (primary N) is 1. The van der Waals surface area contributed by atoms with Crippen LogP contribution in [0, 0.1) is 0 Å². The first kappa shape index (κ1) is 12.8. The quantitative estimate of drug-likeness (QED) is 0.521. The molecule has 0 spiro atoms. The molecule has 1 heterocycles. The summed E-state index contributed by atoms with van der Waals surface area (Å²) in [5.41, 5.74) is -1.04. The second-order valence-corrected chi connectivity index (χ2v) is 3.38. The molecule has 5 nitrogen and oxygen atoms in total. The molecule has 8 heteroatoms. The van der Waals surface area contributed by atoms with Crippen LogP contribution in [0.1, 0.15) is 13.8 Å². The highest BCUT2D eigenvalue weighted by atomic mass is 35.5. The van der Waals surface area contributed by atoms with Gasteiger partial charge in [-0.25, -0.2) is 14.5 Å². The highest BCUT2D eigenvalue weighted by Gasteiger charge is 2.50. The lowest BCUT2D eigenvalue weighted by atomic mass is 10.1. The van der Waals surface area contributed by atoms with Crippen molar-refractivity contribution in [2.75, 3.05) is 0 Å². The van der Waals surface area contributed by atoms with Crippen molar-refractivity contribution in [2.24, 2.45) is 5.25 Å².